The number of allylic oxidation sites excluding steroid dienone is 1. The topological polar surface area (TPSA) is 125 Å². The van der Waals surface area contributed by atoms with E-state index in [4.69, 9.17) is 9.47 Å². The number of aryl methyl sites for hydroxylation is 2. The zero-order valence-corrected chi connectivity index (χ0v) is 28.4. The van der Waals surface area contributed by atoms with Gasteiger partial charge in [-0.3, -0.25) is 19.2 Å². The van der Waals surface area contributed by atoms with E-state index in [9.17, 15) is 24.3 Å². The average Bonchev–Trinajstić information content (AvgIpc) is 3.65. The van der Waals surface area contributed by atoms with E-state index in [2.05, 4.69) is 34.4 Å². The van der Waals surface area contributed by atoms with Gasteiger partial charge < -0.3 is 29.7 Å². The number of fused-ring (bicyclic) bond motifs is 1. The van der Waals surface area contributed by atoms with Crippen molar-refractivity contribution in [1.29, 1.82) is 0 Å². The zero-order chi connectivity index (χ0) is 33.9. The molecular formula is C36H42BrN3O7. The van der Waals surface area contributed by atoms with Gasteiger partial charge in [-0.2, -0.15) is 0 Å². The van der Waals surface area contributed by atoms with Crippen molar-refractivity contribution in [2.45, 2.75) is 61.7 Å². The highest BCUT2D eigenvalue weighted by Gasteiger charge is 2.76. The maximum atomic E-state index is 14.7. The Kier molecular flexibility index (Phi) is 10.7. The molecule has 2 bridgehead atoms. The van der Waals surface area contributed by atoms with Gasteiger partial charge in [-0.05, 0) is 43.4 Å². The van der Waals surface area contributed by atoms with E-state index >= 15 is 0 Å². The van der Waals surface area contributed by atoms with Crippen LogP contribution in [-0.2, 0) is 28.7 Å². The first-order valence-electron chi connectivity index (χ1n) is 15.9. The second kappa shape index (κ2) is 14.5. The number of anilines is 1. The van der Waals surface area contributed by atoms with Crippen molar-refractivity contribution in [2.24, 2.45) is 11.8 Å². The number of nitrogens with one attached hydrogen (secondary N) is 1. The molecule has 5 rings (SSSR count). The summed E-state index contributed by atoms with van der Waals surface area (Å²) in [5.74, 6) is -3.52. The lowest BCUT2D eigenvalue weighted by Crippen LogP contribution is -2.57. The molecule has 250 valence electrons. The molecular weight excluding hydrogens is 666 g/mol. The van der Waals surface area contributed by atoms with Crippen molar-refractivity contribution in [3.63, 3.8) is 0 Å². The Balaban J connectivity index is 1.48. The van der Waals surface area contributed by atoms with Gasteiger partial charge >= 0.3 is 5.97 Å². The summed E-state index contributed by atoms with van der Waals surface area (Å²) in [6.45, 7) is 11.0. The summed E-state index contributed by atoms with van der Waals surface area (Å²) in [5, 5.41) is 13.1. The first kappa shape index (κ1) is 34.5. The lowest BCUT2D eigenvalue weighted by molar-refractivity contribution is -0.146. The molecule has 3 aliphatic heterocycles. The molecule has 2 N–H and O–H groups in total. The van der Waals surface area contributed by atoms with Gasteiger partial charge in [-0.25, -0.2) is 0 Å². The average molecular weight is 709 g/mol. The maximum Gasteiger partial charge on any atom is 0.306 e. The predicted molar refractivity (Wildman–Crippen MR) is 181 cm³/mol. The Morgan fingerprint density at radius 2 is 1.85 bits per heavy atom. The first-order chi connectivity index (χ1) is 22.6. The van der Waals surface area contributed by atoms with E-state index in [0.717, 1.165) is 22.4 Å². The molecule has 3 heterocycles. The lowest BCUT2D eigenvalue weighted by Gasteiger charge is -2.37. The highest BCUT2D eigenvalue weighted by Crippen LogP contribution is 2.60. The minimum absolute atomic E-state index is 0.0925. The van der Waals surface area contributed by atoms with Crippen LogP contribution in [0.5, 0.6) is 0 Å². The number of ether oxygens (including phenoxy) is 2. The fourth-order valence-electron chi connectivity index (χ4n) is 7.50. The summed E-state index contributed by atoms with van der Waals surface area (Å²) in [6, 6.07) is 13.2. The van der Waals surface area contributed by atoms with Gasteiger partial charge in [0.15, 0.2) is 0 Å². The van der Waals surface area contributed by atoms with Crippen molar-refractivity contribution < 1.29 is 33.8 Å². The van der Waals surface area contributed by atoms with E-state index in [1.54, 1.807) is 17.1 Å². The molecule has 3 fully saturated rings. The summed E-state index contributed by atoms with van der Waals surface area (Å²) in [5.41, 5.74) is 1.92. The van der Waals surface area contributed by atoms with Gasteiger partial charge in [0.2, 0.25) is 11.8 Å². The number of benzene rings is 2. The molecule has 1 unspecified atom stereocenters. The monoisotopic (exact) mass is 707 g/mol. The van der Waals surface area contributed by atoms with Crippen LogP contribution in [0.1, 0.15) is 42.0 Å². The van der Waals surface area contributed by atoms with E-state index in [1.165, 1.54) is 4.90 Å². The number of carbonyl (C=O) groups is 4. The number of alkyl halides is 1. The van der Waals surface area contributed by atoms with Crippen LogP contribution in [-0.4, -0.2) is 82.6 Å². The number of β-amino-alcohol motifs (C(OH)–C–C–N with tert-alkyl or cyclic N) is 1. The number of para-hydroxylation sites is 1. The Hall–Kier alpha value is -3.80. The Morgan fingerprint density at radius 3 is 2.49 bits per heavy atom. The number of amides is 3. The smallest absolute Gasteiger partial charge is 0.306 e. The minimum atomic E-state index is -1.31. The van der Waals surface area contributed by atoms with Crippen LogP contribution in [0, 0.1) is 25.7 Å². The molecule has 0 aliphatic carbocycles. The van der Waals surface area contributed by atoms with Gasteiger partial charge in [0.05, 0.1) is 30.6 Å². The molecule has 11 heteroatoms. The molecule has 0 radical (unpaired) electrons. The Morgan fingerprint density at radius 1 is 1.15 bits per heavy atom. The Labute approximate surface area is 283 Å². The molecule has 0 saturated carbocycles. The molecule has 3 saturated heterocycles. The largest absolute Gasteiger partial charge is 0.463 e. The van der Waals surface area contributed by atoms with Crippen molar-refractivity contribution in [3.8, 4) is 0 Å². The third kappa shape index (κ3) is 6.40. The number of esters is 1. The van der Waals surface area contributed by atoms with Crippen LogP contribution in [0.15, 0.2) is 73.8 Å². The summed E-state index contributed by atoms with van der Waals surface area (Å²) >= 11 is 3.71. The van der Waals surface area contributed by atoms with E-state index < -0.39 is 53.4 Å². The Bertz CT molecular complexity index is 1510. The number of aliphatic hydroxyl groups is 1. The second-order valence-electron chi connectivity index (χ2n) is 12.4. The fraction of sp³-hybridized carbons (Fsp3) is 0.444. The number of hydrogen-bond donors (Lipinski definition) is 2. The van der Waals surface area contributed by atoms with Gasteiger partial charge in [-0.1, -0.05) is 76.6 Å². The number of halogens is 1. The highest BCUT2D eigenvalue weighted by molar-refractivity contribution is 9.09. The van der Waals surface area contributed by atoms with Crippen LogP contribution in [0.25, 0.3) is 0 Å². The quantitative estimate of drug-likeness (QED) is 0.173. The number of likely N-dealkylation sites (tertiary alicyclic amines) is 1. The molecule has 3 amide bonds. The van der Waals surface area contributed by atoms with Gasteiger partial charge in [0.25, 0.3) is 5.91 Å². The van der Waals surface area contributed by atoms with Crippen molar-refractivity contribution in [2.75, 3.05) is 31.2 Å². The third-order valence-electron chi connectivity index (χ3n) is 9.44. The van der Waals surface area contributed by atoms with Crippen LogP contribution in [0.2, 0.25) is 0 Å². The van der Waals surface area contributed by atoms with Crippen LogP contribution >= 0.6 is 15.9 Å². The molecule has 0 aromatic heterocycles. The van der Waals surface area contributed by atoms with Gasteiger partial charge in [0.1, 0.15) is 18.2 Å². The zero-order valence-electron chi connectivity index (χ0n) is 26.8. The fourth-order valence-corrected chi connectivity index (χ4v) is 8.44. The van der Waals surface area contributed by atoms with Gasteiger partial charge in [0, 0.05) is 30.0 Å². The van der Waals surface area contributed by atoms with Crippen LogP contribution in [0.3, 0.4) is 0 Å². The van der Waals surface area contributed by atoms with Gasteiger partial charge in [-0.15, -0.1) is 13.2 Å². The molecule has 47 heavy (non-hydrogen) atoms. The molecule has 3 aliphatic rings. The summed E-state index contributed by atoms with van der Waals surface area (Å²) < 4.78 is 12.2. The summed E-state index contributed by atoms with van der Waals surface area (Å²) in [6.07, 6.45) is 3.55. The number of rotatable bonds is 14. The normalized spacial score (nSPS) is 26.4. The highest BCUT2D eigenvalue weighted by atomic mass is 79.9. The molecule has 2 aromatic rings. The van der Waals surface area contributed by atoms with Crippen LogP contribution < -0.4 is 10.2 Å². The third-order valence-corrected chi connectivity index (χ3v) is 10.3. The lowest BCUT2D eigenvalue weighted by atomic mass is 9.70. The van der Waals surface area contributed by atoms with E-state index in [-0.39, 0.29) is 43.5 Å². The van der Waals surface area contributed by atoms with E-state index in [1.807, 2.05) is 62.4 Å². The summed E-state index contributed by atoms with van der Waals surface area (Å²) in [7, 11) is 0. The molecule has 2 aromatic carbocycles. The number of carbonyl (C=O) groups excluding carboxylic acids is 4. The number of hydrogen-bond acceptors (Lipinski definition) is 7. The van der Waals surface area contributed by atoms with Crippen molar-refractivity contribution in [1.82, 2.24) is 10.2 Å². The molecule has 1 spiro atoms. The number of aliphatic hydroxyl groups excluding tert-OH is 1. The SMILES string of the molecule is C=CCCC(=O)OC[C@H](NC(=O)[C@H]1[C@@H]2O[C@@]3(CC2Br)[C@@H]1C(=O)N(CCO)[C@@H]3C(=O)N(CC=C)c1c(C)cccc1C)c1ccccc1. The summed E-state index contributed by atoms with van der Waals surface area (Å²) in [4.78, 5) is 58.3. The van der Waals surface area contributed by atoms with Crippen molar-refractivity contribution in [3.05, 3.63) is 90.5 Å². The first-order valence-corrected chi connectivity index (χ1v) is 16.8. The molecule has 7 atom stereocenters. The van der Waals surface area contributed by atoms with E-state index in [0.29, 0.717) is 12.8 Å². The van der Waals surface area contributed by atoms with Crippen LogP contribution in [0.4, 0.5) is 5.69 Å². The molecule has 10 nitrogen and oxygen atoms in total. The standard InChI is InChI=1S/C36H42BrN3O7/c1-5-7-16-27(42)46-21-26(24-14-9-8-10-15-24)38-33(43)28-29-34(44)40(18-19-41)32(36(29)20-25(37)31(28)47-36)35(45)39(17-6-2)30-22(3)12-11-13-23(30)4/h5-6,8-15,25-26,28-29,31-32,41H,1-2,7,16-21H2,3-4H3,(H,38,43)/t25?,26-,28+,29-,31+,32+,36-/m0/s1. The minimum Gasteiger partial charge on any atom is -0.463 e. The predicted octanol–water partition coefficient (Wildman–Crippen LogP) is 3.93. The maximum absolute atomic E-state index is 14.7. The number of nitrogens with zero attached hydrogens (tertiary/aromatic N) is 2. The second-order valence-corrected chi connectivity index (χ2v) is 13.6. The van der Waals surface area contributed by atoms with Crippen molar-refractivity contribution >= 4 is 45.3 Å².